The summed E-state index contributed by atoms with van der Waals surface area (Å²) < 4.78 is 12.0. The van der Waals surface area contributed by atoms with E-state index in [2.05, 4.69) is 20.1 Å². The number of carbonyl (C=O) groups excluding carboxylic acids is 1. The summed E-state index contributed by atoms with van der Waals surface area (Å²) in [5.74, 6) is 1.58. The van der Waals surface area contributed by atoms with Gasteiger partial charge in [-0.15, -0.1) is 0 Å². The molecule has 2 atom stereocenters. The fraction of sp³-hybridized carbons (Fsp3) is 0.500. The smallest absolute Gasteiger partial charge is 0.410 e. The molecule has 9 heteroatoms. The van der Waals surface area contributed by atoms with Crippen LogP contribution in [-0.2, 0) is 4.74 Å². The van der Waals surface area contributed by atoms with Gasteiger partial charge in [0.1, 0.15) is 23.9 Å². The standard InChI is InChI=1S/C24H28ClN5O3/c1-14-21(29-19-9-8-17(26-5)10-18(19)25)27-13-28-22(14)32-20-15-6-7-16(20)12-30(11-15)23(31)33-24(2,3)4/h8-10,13,15-16,20H,6-7,11-12H2,1-4H3,(H,27,28,29). The van der Waals surface area contributed by atoms with Crippen LogP contribution in [0.3, 0.4) is 0 Å². The predicted molar refractivity (Wildman–Crippen MR) is 126 cm³/mol. The molecule has 1 aliphatic carbocycles. The van der Waals surface area contributed by atoms with Crippen molar-refractivity contribution in [1.29, 1.82) is 0 Å². The van der Waals surface area contributed by atoms with Gasteiger partial charge in [0.05, 0.1) is 22.8 Å². The molecule has 1 aromatic carbocycles. The second kappa shape index (κ2) is 9.06. The lowest BCUT2D eigenvalue weighted by Gasteiger charge is -2.38. The Hall–Kier alpha value is -3.05. The van der Waals surface area contributed by atoms with Gasteiger partial charge in [0, 0.05) is 24.9 Å². The number of hydrogen-bond donors (Lipinski definition) is 1. The SMILES string of the molecule is [C-]#[N+]c1ccc(Nc2ncnc(OC3C4CCC3CN(C(=O)OC(C)(C)C)C4)c2C)c(Cl)c1. The highest BCUT2D eigenvalue weighted by Crippen LogP contribution is 2.40. The lowest BCUT2D eigenvalue weighted by atomic mass is 9.95. The Labute approximate surface area is 199 Å². The summed E-state index contributed by atoms with van der Waals surface area (Å²) in [4.78, 5) is 26.5. The van der Waals surface area contributed by atoms with E-state index in [0.29, 0.717) is 41.2 Å². The van der Waals surface area contributed by atoms with Gasteiger partial charge in [0.15, 0.2) is 5.69 Å². The Morgan fingerprint density at radius 1 is 1.24 bits per heavy atom. The third-order valence-electron chi connectivity index (χ3n) is 6.02. The number of piperidine rings is 1. The van der Waals surface area contributed by atoms with Crippen LogP contribution in [0.4, 0.5) is 22.0 Å². The molecule has 1 saturated carbocycles. The Kier molecular flexibility index (Phi) is 6.35. The number of fused-ring (bicyclic) bond motifs is 2. The van der Waals surface area contributed by atoms with E-state index in [0.717, 1.165) is 18.4 Å². The Morgan fingerprint density at radius 3 is 2.55 bits per heavy atom. The highest BCUT2D eigenvalue weighted by Gasteiger charge is 2.46. The monoisotopic (exact) mass is 469 g/mol. The van der Waals surface area contributed by atoms with Crippen molar-refractivity contribution in [3.8, 4) is 5.88 Å². The Bertz CT molecular complexity index is 1080. The van der Waals surface area contributed by atoms with E-state index in [1.807, 2.05) is 32.6 Å². The fourth-order valence-electron chi connectivity index (χ4n) is 4.45. The van der Waals surface area contributed by atoms with Crippen molar-refractivity contribution in [3.05, 3.63) is 46.5 Å². The van der Waals surface area contributed by atoms with Crippen LogP contribution >= 0.6 is 11.6 Å². The molecule has 2 aromatic rings. The number of carbonyl (C=O) groups is 1. The highest BCUT2D eigenvalue weighted by molar-refractivity contribution is 6.33. The summed E-state index contributed by atoms with van der Waals surface area (Å²) in [5, 5.41) is 3.66. The van der Waals surface area contributed by atoms with Gasteiger partial charge in [0.25, 0.3) is 0 Å². The second-order valence-corrected chi connectivity index (χ2v) is 10.0. The molecule has 33 heavy (non-hydrogen) atoms. The fourth-order valence-corrected chi connectivity index (χ4v) is 4.67. The molecule has 1 saturated heterocycles. The molecule has 2 heterocycles. The predicted octanol–water partition coefficient (Wildman–Crippen LogP) is 5.76. The average molecular weight is 470 g/mol. The minimum atomic E-state index is -0.510. The summed E-state index contributed by atoms with van der Waals surface area (Å²) >= 11 is 6.31. The first-order chi connectivity index (χ1) is 15.6. The van der Waals surface area contributed by atoms with Gasteiger partial charge in [-0.25, -0.2) is 19.6 Å². The average Bonchev–Trinajstić information content (AvgIpc) is 2.97. The maximum absolute atomic E-state index is 12.5. The Balaban J connectivity index is 1.46. The maximum Gasteiger partial charge on any atom is 0.410 e. The van der Waals surface area contributed by atoms with Gasteiger partial charge < -0.3 is 19.7 Å². The molecule has 2 unspecified atom stereocenters. The normalized spacial score (nSPS) is 21.9. The molecular weight excluding hydrogens is 442 g/mol. The van der Waals surface area contributed by atoms with Crippen molar-refractivity contribution in [3.63, 3.8) is 0 Å². The maximum atomic E-state index is 12.5. The van der Waals surface area contributed by atoms with Crippen LogP contribution in [0.15, 0.2) is 24.5 Å². The number of likely N-dealkylation sites (tertiary alicyclic amines) is 1. The summed E-state index contributed by atoms with van der Waals surface area (Å²) in [7, 11) is 0. The lowest BCUT2D eigenvalue weighted by molar-refractivity contribution is -0.00773. The first-order valence-corrected chi connectivity index (χ1v) is 11.4. The quantitative estimate of drug-likeness (QED) is 0.573. The minimum absolute atomic E-state index is 0.00771. The number of nitrogens with one attached hydrogen (secondary N) is 1. The van der Waals surface area contributed by atoms with E-state index in [1.165, 1.54) is 6.33 Å². The number of anilines is 2. The van der Waals surface area contributed by atoms with Crippen molar-refractivity contribution < 1.29 is 14.3 Å². The molecule has 2 bridgehead atoms. The number of ether oxygens (including phenoxy) is 2. The number of amides is 1. The van der Waals surface area contributed by atoms with Crippen LogP contribution in [0.2, 0.25) is 5.02 Å². The molecule has 1 N–H and O–H groups in total. The zero-order valence-electron chi connectivity index (χ0n) is 19.3. The van der Waals surface area contributed by atoms with Crippen LogP contribution in [0.1, 0.15) is 39.2 Å². The van der Waals surface area contributed by atoms with Gasteiger partial charge in [-0.1, -0.05) is 17.7 Å². The van der Waals surface area contributed by atoms with Crippen LogP contribution in [0.25, 0.3) is 4.85 Å². The third-order valence-corrected chi connectivity index (χ3v) is 6.33. The second-order valence-electron chi connectivity index (χ2n) is 9.62. The molecular formula is C24H28ClN5O3. The van der Waals surface area contributed by atoms with Crippen molar-refractivity contribution >= 4 is 34.9 Å². The van der Waals surface area contributed by atoms with Gasteiger partial charge in [0.2, 0.25) is 5.88 Å². The number of aromatic nitrogens is 2. The zero-order chi connectivity index (χ0) is 23.8. The van der Waals surface area contributed by atoms with Crippen LogP contribution in [0.5, 0.6) is 5.88 Å². The van der Waals surface area contributed by atoms with Crippen molar-refractivity contribution in [2.45, 2.75) is 52.2 Å². The van der Waals surface area contributed by atoms with E-state index in [9.17, 15) is 4.79 Å². The van der Waals surface area contributed by atoms with Gasteiger partial charge in [-0.05, 0) is 52.7 Å². The van der Waals surface area contributed by atoms with Crippen LogP contribution in [-0.4, -0.2) is 45.8 Å². The molecule has 174 valence electrons. The molecule has 2 aliphatic rings. The molecule has 0 radical (unpaired) electrons. The third kappa shape index (κ3) is 5.14. The highest BCUT2D eigenvalue weighted by atomic mass is 35.5. The van der Waals surface area contributed by atoms with Gasteiger partial charge in [-0.2, -0.15) is 0 Å². The number of hydrogen-bond acceptors (Lipinski definition) is 6. The summed E-state index contributed by atoms with van der Waals surface area (Å²) in [5.41, 5.74) is 1.39. The van der Waals surface area contributed by atoms with E-state index in [-0.39, 0.29) is 24.0 Å². The van der Waals surface area contributed by atoms with Gasteiger partial charge >= 0.3 is 6.09 Å². The molecule has 1 aliphatic heterocycles. The number of benzene rings is 1. The van der Waals surface area contributed by atoms with Crippen molar-refractivity contribution in [2.75, 3.05) is 18.4 Å². The van der Waals surface area contributed by atoms with Gasteiger partial charge in [-0.3, -0.25) is 0 Å². The molecule has 8 nitrogen and oxygen atoms in total. The zero-order valence-corrected chi connectivity index (χ0v) is 20.0. The lowest BCUT2D eigenvalue weighted by Crippen LogP contribution is -2.50. The van der Waals surface area contributed by atoms with E-state index >= 15 is 0 Å². The van der Waals surface area contributed by atoms with E-state index in [4.69, 9.17) is 27.6 Å². The van der Waals surface area contributed by atoms with Crippen molar-refractivity contribution in [1.82, 2.24) is 14.9 Å². The number of halogens is 1. The van der Waals surface area contributed by atoms with Crippen LogP contribution in [0, 0.1) is 25.3 Å². The largest absolute Gasteiger partial charge is 0.473 e. The summed E-state index contributed by atoms with van der Waals surface area (Å²) in [6.07, 6.45) is 3.21. The molecule has 4 rings (SSSR count). The van der Waals surface area contributed by atoms with Crippen molar-refractivity contribution in [2.24, 2.45) is 11.8 Å². The molecule has 0 spiro atoms. The molecule has 2 fully saturated rings. The topological polar surface area (TPSA) is 80.9 Å². The summed E-state index contributed by atoms with van der Waals surface area (Å²) in [6, 6.07) is 5.07. The minimum Gasteiger partial charge on any atom is -0.473 e. The molecule has 1 amide bonds. The van der Waals surface area contributed by atoms with E-state index in [1.54, 1.807) is 18.2 Å². The number of nitrogens with zero attached hydrogens (tertiary/aromatic N) is 4. The summed E-state index contributed by atoms with van der Waals surface area (Å²) in [6.45, 7) is 15.9. The molecule has 1 aromatic heterocycles. The van der Waals surface area contributed by atoms with Crippen LogP contribution < -0.4 is 10.1 Å². The van der Waals surface area contributed by atoms with E-state index < -0.39 is 5.60 Å². The Morgan fingerprint density at radius 2 is 1.94 bits per heavy atom. The first-order valence-electron chi connectivity index (χ1n) is 11.0. The first kappa shape index (κ1) is 23.1. The number of rotatable bonds is 4.